The molecule has 258 valence electrons. The summed E-state index contributed by atoms with van der Waals surface area (Å²) in [5, 5.41) is 6.73. The second-order valence-electron chi connectivity index (χ2n) is 14.3. The summed E-state index contributed by atoms with van der Waals surface area (Å²) in [6.07, 6.45) is 6.66. The van der Waals surface area contributed by atoms with E-state index in [9.17, 15) is 18.0 Å². The zero-order valence-electron chi connectivity index (χ0n) is 29.3. The Morgan fingerprint density at radius 1 is 1.08 bits per heavy atom. The Morgan fingerprint density at radius 2 is 1.79 bits per heavy atom. The van der Waals surface area contributed by atoms with Crippen LogP contribution in [-0.4, -0.2) is 48.7 Å². The Morgan fingerprint density at radius 3 is 2.42 bits per heavy atom. The van der Waals surface area contributed by atoms with Crippen molar-refractivity contribution in [3.8, 4) is 11.1 Å². The van der Waals surface area contributed by atoms with Crippen LogP contribution in [0.5, 0.6) is 0 Å². The number of carbonyl (C=O) groups is 2. The Hall–Kier alpha value is -3.99. The molecule has 0 saturated heterocycles. The first-order chi connectivity index (χ1) is 22.7. The van der Waals surface area contributed by atoms with Crippen molar-refractivity contribution in [3.05, 3.63) is 64.9 Å². The molecule has 48 heavy (non-hydrogen) atoms. The minimum Gasteiger partial charge on any atom is -0.359 e. The first kappa shape index (κ1) is 35.3. The Bertz CT molecular complexity index is 1820. The molecule has 1 unspecified atom stereocenters. The summed E-state index contributed by atoms with van der Waals surface area (Å²) in [5.74, 6) is 1.10. The minimum atomic E-state index is -4.08. The number of amides is 2. The lowest BCUT2D eigenvalue weighted by Gasteiger charge is -2.30. The van der Waals surface area contributed by atoms with Gasteiger partial charge in [0.2, 0.25) is 5.91 Å². The topological polar surface area (TPSA) is 134 Å². The van der Waals surface area contributed by atoms with Crippen LogP contribution >= 0.6 is 0 Å². The number of carbonyl (C=O) groups excluding carboxylic acids is 2. The second-order valence-corrected chi connectivity index (χ2v) is 16.0. The van der Waals surface area contributed by atoms with Gasteiger partial charge in [-0.25, -0.2) is 8.42 Å². The number of amidine groups is 1. The van der Waals surface area contributed by atoms with Crippen molar-refractivity contribution in [1.29, 1.82) is 0 Å². The highest BCUT2D eigenvalue weighted by molar-refractivity contribution is 7.92. The van der Waals surface area contributed by atoms with Crippen molar-refractivity contribution in [2.45, 2.75) is 110 Å². The third-order valence-corrected chi connectivity index (χ3v) is 11.3. The van der Waals surface area contributed by atoms with E-state index in [1.54, 1.807) is 45.2 Å². The summed E-state index contributed by atoms with van der Waals surface area (Å²) in [6.45, 7) is 12.1. The minimum absolute atomic E-state index is 0.0792. The molecular weight excluding hydrogens is 627 g/mol. The maximum atomic E-state index is 13.9. The third kappa shape index (κ3) is 7.06. The fourth-order valence-corrected chi connectivity index (χ4v) is 8.14. The quantitative estimate of drug-likeness (QED) is 0.213. The summed E-state index contributed by atoms with van der Waals surface area (Å²) in [7, 11) is -2.45. The maximum Gasteiger partial charge on any atom is 0.263 e. The average molecular weight is 676 g/mol. The molecule has 2 N–H and O–H groups in total. The van der Waals surface area contributed by atoms with Gasteiger partial charge >= 0.3 is 0 Å². The van der Waals surface area contributed by atoms with Gasteiger partial charge in [0.25, 0.3) is 15.9 Å². The predicted molar refractivity (Wildman–Crippen MR) is 188 cm³/mol. The molecule has 0 bridgehead atoms. The van der Waals surface area contributed by atoms with Crippen LogP contribution in [0.1, 0.15) is 95.1 Å². The molecule has 10 nitrogen and oxygen atoms in total. The number of anilines is 1. The smallest absolute Gasteiger partial charge is 0.263 e. The van der Waals surface area contributed by atoms with Gasteiger partial charge in [0.05, 0.1) is 11.4 Å². The van der Waals surface area contributed by atoms with Crippen molar-refractivity contribution in [2.75, 3.05) is 11.8 Å². The molecule has 1 aliphatic carbocycles. The highest BCUT2D eigenvalue weighted by Crippen LogP contribution is 2.41. The molecule has 2 heterocycles. The monoisotopic (exact) mass is 675 g/mol. The summed E-state index contributed by atoms with van der Waals surface area (Å²) < 4.78 is 35.5. The zero-order chi connectivity index (χ0) is 34.9. The number of benzene rings is 2. The normalized spacial score (nSPS) is 16.8. The van der Waals surface area contributed by atoms with Gasteiger partial charge in [-0.05, 0) is 67.7 Å². The lowest BCUT2D eigenvalue weighted by Crippen LogP contribution is -2.40. The summed E-state index contributed by atoms with van der Waals surface area (Å²) in [5.41, 5.74) is 2.51. The number of unbranched alkanes of at least 4 members (excludes halogenated alkanes) is 1. The number of rotatable bonds is 12. The lowest BCUT2D eigenvalue weighted by molar-refractivity contribution is -0.131. The number of aryl methyl sites for hydroxylation is 1. The Kier molecular flexibility index (Phi) is 10.2. The van der Waals surface area contributed by atoms with E-state index in [1.807, 2.05) is 43.9 Å². The van der Waals surface area contributed by atoms with E-state index >= 15 is 0 Å². The Labute approximate surface area is 284 Å². The molecule has 1 atom stereocenters. The maximum absolute atomic E-state index is 13.9. The molecule has 0 radical (unpaired) electrons. The van der Waals surface area contributed by atoms with Crippen LogP contribution < -0.4 is 10.0 Å². The number of hydrogen-bond acceptors (Lipinski definition) is 7. The number of sulfonamides is 1. The SMILES string of the molecule is CCCCC1=NC2(CCCC2)C(=O)N1Cc1ccc(-c2ccccc2S(=O)(=O)Nc2noc(C)c2C)c(CC(C(=O)NC)C(C)(C)C)c1. The van der Waals surface area contributed by atoms with Crippen LogP contribution in [0.15, 0.2) is 56.9 Å². The molecule has 2 amide bonds. The van der Waals surface area contributed by atoms with Gasteiger partial charge in [0.1, 0.15) is 17.1 Å². The first-order valence-corrected chi connectivity index (χ1v) is 18.5. The fourth-order valence-electron chi connectivity index (χ4n) is 6.86. The standard InChI is InChI=1S/C37H49N5O5S/c1-8-9-16-32-39-37(19-12-13-20-37)35(44)42(32)23-26-17-18-28(27(21-26)22-30(34(43)38-7)36(4,5)6)29-14-10-11-15-31(29)48(45,46)41-33-24(2)25(3)47-40-33/h10-11,14-15,17-18,21,30H,8-9,12-13,16,19-20,22-23H2,1-7H3,(H,38,43)(H,40,41). The number of hydrogen-bond donors (Lipinski definition) is 2. The molecule has 1 aromatic heterocycles. The van der Waals surface area contributed by atoms with E-state index < -0.39 is 21.5 Å². The van der Waals surface area contributed by atoms with E-state index in [0.29, 0.717) is 35.4 Å². The lowest BCUT2D eigenvalue weighted by atomic mass is 9.75. The molecule has 1 spiro atoms. The van der Waals surface area contributed by atoms with Crippen LogP contribution in [0.3, 0.4) is 0 Å². The zero-order valence-corrected chi connectivity index (χ0v) is 30.1. The van der Waals surface area contributed by atoms with Crippen LogP contribution in [0.2, 0.25) is 0 Å². The van der Waals surface area contributed by atoms with E-state index in [2.05, 4.69) is 22.1 Å². The summed E-state index contributed by atoms with van der Waals surface area (Å²) in [4.78, 5) is 34.2. The highest BCUT2D eigenvalue weighted by Gasteiger charge is 2.49. The van der Waals surface area contributed by atoms with Crippen molar-refractivity contribution < 1.29 is 22.5 Å². The van der Waals surface area contributed by atoms with Crippen molar-refractivity contribution >= 4 is 33.5 Å². The number of aromatic nitrogens is 1. The van der Waals surface area contributed by atoms with Crippen molar-refractivity contribution in [1.82, 2.24) is 15.4 Å². The third-order valence-electron chi connectivity index (χ3n) is 9.88. The van der Waals surface area contributed by atoms with Gasteiger partial charge in [-0.15, -0.1) is 0 Å². The average Bonchev–Trinajstić information content (AvgIpc) is 3.72. The largest absolute Gasteiger partial charge is 0.359 e. The molecular formula is C37H49N5O5S. The summed E-state index contributed by atoms with van der Waals surface area (Å²) >= 11 is 0. The van der Waals surface area contributed by atoms with Crippen molar-refractivity contribution in [3.63, 3.8) is 0 Å². The van der Waals surface area contributed by atoms with Gasteiger partial charge in [-0.2, -0.15) is 0 Å². The van der Waals surface area contributed by atoms with Gasteiger partial charge in [-0.3, -0.25) is 24.2 Å². The van der Waals surface area contributed by atoms with Crippen molar-refractivity contribution in [2.24, 2.45) is 16.3 Å². The molecule has 11 heteroatoms. The highest BCUT2D eigenvalue weighted by atomic mass is 32.2. The van der Waals surface area contributed by atoms with Gasteiger partial charge < -0.3 is 9.84 Å². The molecule has 1 saturated carbocycles. The number of nitrogens with one attached hydrogen (secondary N) is 2. The van der Waals surface area contributed by atoms with Crippen LogP contribution in [-0.2, 0) is 32.6 Å². The van der Waals surface area contributed by atoms with Crippen LogP contribution in [0.25, 0.3) is 11.1 Å². The molecule has 3 aromatic rings. The van der Waals surface area contributed by atoms with Gasteiger partial charge in [-0.1, -0.05) is 88.5 Å². The van der Waals surface area contributed by atoms with E-state index in [1.165, 1.54) is 0 Å². The fraction of sp³-hybridized carbons (Fsp3) is 0.514. The van der Waals surface area contributed by atoms with E-state index in [-0.39, 0.29) is 27.9 Å². The van der Waals surface area contributed by atoms with Gasteiger partial charge in [0.15, 0.2) is 5.82 Å². The molecule has 1 fully saturated rings. The predicted octanol–water partition coefficient (Wildman–Crippen LogP) is 6.95. The summed E-state index contributed by atoms with van der Waals surface area (Å²) in [6, 6.07) is 12.7. The van der Waals surface area contributed by atoms with Crippen LogP contribution in [0, 0.1) is 25.2 Å². The molecule has 1 aliphatic heterocycles. The van der Waals surface area contributed by atoms with E-state index in [0.717, 1.165) is 61.9 Å². The second kappa shape index (κ2) is 13.9. The molecule has 5 rings (SSSR count). The number of nitrogens with zero attached hydrogens (tertiary/aromatic N) is 3. The van der Waals surface area contributed by atoms with E-state index in [4.69, 9.17) is 9.52 Å². The first-order valence-electron chi connectivity index (χ1n) is 17.0. The molecule has 2 aromatic carbocycles. The molecule has 2 aliphatic rings. The van der Waals surface area contributed by atoms with Gasteiger partial charge in [0, 0.05) is 30.5 Å². The number of aliphatic imine (C=N–C) groups is 1. The Balaban J connectivity index is 1.59. The van der Waals surface area contributed by atoms with Crippen LogP contribution in [0.4, 0.5) is 5.82 Å².